The monoisotopic (exact) mass is 587 g/mol. The summed E-state index contributed by atoms with van der Waals surface area (Å²) >= 11 is 1.45. The number of nitrogens with one attached hydrogen (secondary N) is 3. The molecule has 41 heavy (non-hydrogen) atoms. The van der Waals surface area contributed by atoms with Gasteiger partial charge in [0.1, 0.15) is 17.8 Å². The van der Waals surface area contributed by atoms with E-state index in [0.29, 0.717) is 5.75 Å². The van der Waals surface area contributed by atoms with Gasteiger partial charge >= 0.3 is 5.97 Å². The minimum atomic E-state index is -1.18. The van der Waals surface area contributed by atoms with Crippen LogP contribution in [0.1, 0.15) is 17.5 Å². The van der Waals surface area contributed by atoms with Gasteiger partial charge in [-0.3, -0.25) is 19.2 Å². The van der Waals surface area contributed by atoms with Crippen LogP contribution >= 0.6 is 11.8 Å². The molecule has 2 aromatic carbocycles. The van der Waals surface area contributed by atoms with E-state index in [1.807, 2.05) is 6.26 Å². The van der Waals surface area contributed by atoms with Gasteiger partial charge in [0.2, 0.25) is 23.6 Å². The van der Waals surface area contributed by atoms with Gasteiger partial charge < -0.3 is 36.8 Å². The van der Waals surface area contributed by atoms with Gasteiger partial charge in [-0.05, 0) is 48.1 Å². The van der Waals surface area contributed by atoms with Crippen molar-refractivity contribution in [2.75, 3.05) is 32.1 Å². The minimum absolute atomic E-state index is 0.0918. The van der Waals surface area contributed by atoms with Crippen molar-refractivity contribution < 1.29 is 34.2 Å². The maximum Gasteiger partial charge on any atom is 0.326 e. The van der Waals surface area contributed by atoms with Crippen LogP contribution in [0.25, 0.3) is 0 Å². The van der Waals surface area contributed by atoms with E-state index in [2.05, 4.69) is 16.0 Å². The van der Waals surface area contributed by atoms with Gasteiger partial charge in [0.15, 0.2) is 0 Å². The van der Waals surface area contributed by atoms with Crippen LogP contribution in [-0.2, 0) is 36.8 Å². The number of likely N-dealkylation sites (N-methyl/N-ethyl adjacent to an activating group) is 1. The summed E-state index contributed by atoms with van der Waals surface area (Å²) in [7, 11) is 1.41. The number of amides is 4. The average molecular weight is 588 g/mol. The van der Waals surface area contributed by atoms with E-state index < -0.39 is 54.3 Å². The number of carboxylic acid groups (broad SMARTS) is 1. The SMILES string of the molecule is CSCCC(NC(=O)C(Cc1ccccc1)NC(=O)CNC(=O)CN(C)C(=O)C(N)Cc1ccc(O)cc1)C(=O)O. The van der Waals surface area contributed by atoms with Gasteiger partial charge in [0.25, 0.3) is 0 Å². The molecule has 0 spiro atoms. The van der Waals surface area contributed by atoms with Crippen molar-refractivity contribution in [3.8, 4) is 5.75 Å². The second kappa shape index (κ2) is 16.9. The maximum absolute atomic E-state index is 13.0. The third-order valence-electron chi connectivity index (χ3n) is 6.07. The van der Waals surface area contributed by atoms with Crippen molar-refractivity contribution in [3.05, 3.63) is 65.7 Å². The molecule has 0 saturated heterocycles. The number of hydrogen-bond acceptors (Lipinski definition) is 8. The predicted molar refractivity (Wildman–Crippen MR) is 155 cm³/mol. The lowest BCUT2D eigenvalue weighted by molar-refractivity contribution is -0.142. The fourth-order valence-corrected chi connectivity index (χ4v) is 4.33. The molecule has 4 amide bonds. The number of carbonyl (C=O) groups excluding carboxylic acids is 4. The van der Waals surface area contributed by atoms with Crippen LogP contribution in [0, 0.1) is 0 Å². The Morgan fingerprint density at radius 1 is 0.902 bits per heavy atom. The number of carbonyl (C=O) groups is 5. The first-order valence-electron chi connectivity index (χ1n) is 12.9. The minimum Gasteiger partial charge on any atom is -0.508 e. The third-order valence-corrected chi connectivity index (χ3v) is 6.72. The zero-order valence-electron chi connectivity index (χ0n) is 23.0. The summed E-state index contributed by atoms with van der Waals surface area (Å²) in [5.74, 6) is -2.97. The first-order chi connectivity index (χ1) is 19.5. The lowest BCUT2D eigenvalue weighted by atomic mass is 10.0. The Kier molecular flexibility index (Phi) is 13.6. The van der Waals surface area contributed by atoms with Gasteiger partial charge in [-0.15, -0.1) is 0 Å². The molecule has 222 valence electrons. The molecule has 0 radical (unpaired) electrons. The molecule has 12 nitrogen and oxygen atoms in total. The number of aliphatic carboxylic acids is 1. The van der Waals surface area contributed by atoms with E-state index in [4.69, 9.17) is 5.73 Å². The molecule has 7 N–H and O–H groups in total. The van der Waals surface area contributed by atoms with Gasteiger partial charge in [0.05, 0.1) is 19.1 Å². The summed E-state index contributed by atoms with van der Waals surface area (Å²) < 4.78 is 0. The molecule has 0 aliphatic carbocycles. The van der Waals surface area contributed by atoms with E-state index in [-0.39, 0.29) is 31.6 Å². The molecule has 0 aliphatic heterocycles. The molecular formula is C28H37N5O7S. The highest BCUT2D eigenvalue weighted by Crippen LogP contribution is 2.11. The van der Waals surface area contributed by atoms with Gasteiger partial charge in [-0.1, -0.05) is 42.5 Å². The van der Waals surface area contributed by atoms with Gasteiger partial charge in [0, 0.05) is 13.5 Å². The second-order valence-corrected chi connectivity index (χ2v) is 10.4. The first kappa shape index (κ1) is 33.1. The largest absolute Gasteiger partial charge is 0.508 e. The Hall–Kier alpha value is -4.10. The Morgan fingerprint density at radius 2 is 1.54 bits per heavy atom. The fourth-order valence-electron chi connectivity index (χ4n) is 3.85. The first-order valence-corrected chi connectivity index (χ1v) is 14.3. The lowest BCUT2D eigenvalue weighted by Crippen LogP contribution is -2.54. The van der Waals surface area contributed by atoms with E-state index >= 15 is 0 Å². The second-order valence-electron chi connectivity index (χ2n) is 9.44. The molecule has 0 bridgehead atoms. The van der Waals surface area contributed by atoms with Gasteiger partial charge in [-0.25, -0.2) is 4.79 Å². The van der Waals surface area contributed by atoms with E-state index in [1.165, 1.54) is 30.9 Å². The number of rotatable bonds is 16. The number of nitrogens with two attached hydrogens (primary N) is 1. The Bertz CT molecular complexity index is 1180. The van der Waals surface area contributed by atoms with E-state index in [9.17, 15) is 34.2 Å². The summed E-state index contributed by atoms with van der Waals surface area (Å²) in [6, 6.07) is 12.1. The van der Waals surface area contributed by atoms with Crippen LogP contribution in [0.5, 0.6) is 5.75 Å². The topological polar surface area (TPSA) is 191 Å². The molecule has 0 heterocycles. The van der Waals surface area contributed by atoms with Crippen LogP contribution in [0.4, 0.5) is 0 Å². The number of benzene rings is 2. The Morgan fingerprint density at radius 3 is 2.15 bits per heavy atom. The summed E-state index contributed by atoms with van der Waals surface area (Å²) in [4.78, 5) is 63.4. The molecule has 3 unspecified atom stereocenters. The molecule has 0 saturated carbocycles. The summed E-state index contributed by atoms with van der Waals surface area (Å²) in [6.07, 6.45) is 2.36. The molecular weight excluding hydrogens is 550 g/mol. The number of aromatic hydroxyl groups is 1. The highest BCUT2D eigenvalue weighted by Gasteiger charge is 2.27. The van der Waals surface area contributed by atoms with Crippen molar-refractivity contribution >= 4 is 41.4 Å². The fraction of sp³-hybridized carbons (Fsp3) is 0.393. The highest BCUT2D eigenvalue weighted by atomic mass is 32.2. The van der Waals surface area contributed by atoms with Crippen molar-refractivity contribution in [1.82, 2.24) is 20.9 Å². The predicted octanol–water partition coefficient (Wildman–Crippen LogP) is -0.113. The standard InChI is InChI=1S/C28H37N5O7S/c1-33(27(38)21(29)14-19-8-10-20(34)11-9-19)17-25(36)30-16-24(35)31-23(15-18-6-4-3-5-7-18)26(37)32-22(28(39)40)12-13-41-2/h3-11,21-23,34H,12-17,29H2,1-2H3,(H,30,36)(H,31,35)(H,32,37)(H,39,40). The third kappa shape index (κ3) is 11.9. The number of hydrogen-bond donors (Lipinski definition) is 6. The summed E-state index contributed by atoms with van der Waals surface area (Å²) in [5.41, 5.74) is 7.48. The molecule has 0 aliphatic rings. The Labute approximate surface area is 243 Å². The molecule has 3 atom stereocenters. The molecule has 13 heteroatoms. The maximum atomic E-state index is 13.0. The zero-order valence-corrected chi connectivity index (χ0v) is 23.9. The van der Waals surface area contributed by atoms with Crippen molar-refractivity contribution in [1.29, 1.82) is 0 Å². The van der Waals surface area contributed by atoms with E-state index in [1.54, 1.807) is 42.5 Å². The Balaban J connectivity index is 1.92. The van der Waals surface area contributed by atoms with Gasteiger partial charge in [-0.2, -0.15) is 11.8 Å². The normalized spacial score (nSPS) is 12.9. The van der Waals surface area contributed by atoms with Crippen molar-refractivity contribution in [3.63, 3.8) is 0 Å². The number of phenols is 1. The van der Waals surface area contributed by atoms with Crippen LogP contribution in [0.2, 0.25) is 0 Å². The summed E-state index contributed by atoms with van der Waals surface area (Å²) in [5, 5.41) is 26.3. The quantitative estimate of drug-likeness (QED) is 0.155. The molecule has 0 aromatic heterocycles. The highest BCUT2D eigenvalue weighted by molar-refractivity contribution is 7.98. The lowest BCUT2D eigenvalue weighted by Gasteiger charge is -2.22. The van der Waals surface area contributed by atoms with Crippen LogP contribution in [-0.4, -0.2) is 95.0 Å². The zero-order chi connectivity index (χ0) is 30.4. The summed E-state index contributed by atoms with van der Waals surface area (Å²) in [6.45, 7) is -0.813. The van der Waals surface area contributed by atoms with Crippen LogP contribution < -0.4 is 21.7 Å². The van der Waals surface area contributed by atoms with Crippen LogP contribution in [0.3, 0.4) is 0 Å². The number of nitrogens with zero attached hydrogens (tertiary/aromatic N) is 1. The van der Waals surface area contributed by atoms with E-state index in [0.717, 1.165) is 16.0 Å². The smallest absolute Gasteiger partial charge is 0.326 e. The number of thioether (sulfide) groups is 1. The molecule has 2 rings (SSSR count). The number of phenolic OH excluding ortho intramolecular Hbond substituents is 1. The number of carboxylic acids is 1. The average Bonchev–Trinajstić information content (AvgIpc) is 2.94. The van der Waals surface area contributed by atoms with Crippen molar-refractivity contribution in [2.45, 2.75) is 37.4 Å². The molecule has 2 aromatic rings. The molecule has 0 fully saturated rings. The van der Waals surface area contributed by atoms with Crippen molar-refractivity contribution in [2.24, 2.45) is 5.73 Å². The van der Waals surface area contributed by atoms with Crippen LogP contribution in [0.15, 0.2) is 54.6 Å².